The molecule has 92 valence electrons. The van der Waals surface area contributed by atoms with Gasteiger partial charge in [-0.1, -0.05) is 20.8 Å². The Hall–Kier alpha value is -0.450. The zero-order valence-corrected chi connectivity index (χ0v) is 11.3. The monoisotopic (exact) mass is 242 g/mol. The molecular formula is C12H22N2OS. The highest BCUT2D eigenvalue weighted by molar-refractivity contribution is 7.09. The van der Waals surface area contributed by atoms with Crippen LogP contribution in [0.15, 0.2) is 5.38 Å². The zero-order chi connectivity index (χ0) is 12.0. The van der Waals surface area contributed by atoms with Crippen molar-refractivity contribution in [3.8, 4) is 0 Å². The molecule has 0 saturated heterocycles. The van der Waals surface area contributed by atoms with Crippen LogP contribution in [0.25, 0.3) is 0 Å². The minimum absolute atomic E-state index is 0.223. The fourth-order valence-electron chi connectivity index (χ4n) is 1.62. The summed E-state index contributed by atoms with van der Waals surface area (Å²) in [6, 6.07) is 0. The Morgan fingerprint density at radius 1 is 1.44 bits per heavy atom. The summed E-state index contributed by atoms with van der Waals surface area (Å²) in [7, 11) is 0. The molecule has 0 amide bonds. The Kier molecular flexibility index (Phi) is 5.95. The Balaban J connectivity index is 2.55. The Morgan fingerprint density at radius 2 is 2.19 bits per heavy atom. The third kappa shape index (κ3) is 4.20. The van der Waals surface area contributed by atoms with Crippen molar-refractivity contribution in [2.75, 3.05) is 19.7 Å². The van der Waals surface area contributed by atoms with Gasteiger partial charge in [0.25, 0.3) is 0 Å². The molecule has 3 nitrogen and oxygen atoms in total. The standard InChI is InChI=1S/C12H22N2OS/c1-4-5-14(6-7-15)8-11-9-16-12(13-11)10(2)3/h9-10,15H,4-8H2,1-3H3. The highest BCUT2D eigenvalue weighted by Crippen LogP contribution is 2.19. The lowest BCUT2D eigenvalue weighted by atomic mass is 10.2. The Labute approximate surface area is 102 Å². The molecule has 0 atom stereocenters. The lowest BCUT2D eigenvalue weighted by molar-refractivity contribution is 0.189. The van der Waals surface area contributed by atoms with Crippen molar-refractivity contribution in [1.29, 1.82) is 0 Å². The van der Waals surface area contributed by atoms with Crippen molar-refractivity contribution in [2.24, 2.45) is 0 Å². The molecule has 16 heavy (non-hydrogen) atoms. The molecule has 0 bridgehead atoms. The molecule has 0 aliphatic rings. The van der Waals surface area contributed by atoms with Gasteiger partial charge in [-0.05, 0) is 13.0 Å². The van der Waals surface area contributed by atoms with E-state index in [4.69, 9.17) is 5.11 Å². The SMILES string of the molecule is CCCN(CCO)Cc1csc(C(C)C)n1. The predicted molar refractivity (Wildman–Crippen MR) is 68.9 cm³/mol. The van der Waals surface area contributed by atoms with Crippen molar-refractivity contribution in [3.05, 3.63) is 16.1 Å². The number of aliphatic hydroxyl groups is 1. The fourth-order valence-corrected chi connectivity index (χ4v) is 2.44. The van der Waals surface area contributed by atoms with Gasteiger partial charge in [0.1, 0.15) is 0 Å². The second kappa shape index (κ2) is 6.99. The first-order valence-electron chi connectivity index (χ1n) is 5.94. The number of aromatic nitrogens is 1. The lowest BCUT2D eigenvalue weighted by Crippen LogP contribution is -2.27. The molecule has 0 spiro atoms. The predicted octanol–water partition coefficient (Wildman–Crippen LogP) is 2.47. The second-order valence-corrected chi connectivity index (χ2v) is 5.22. The van der Waals surface area contributed by atoms with Gasteiger partial charge in [-0.25, -0.2) is 4.98 Å². The van der Waals surface area contributed by atoms with E-state index in [0.717, 1.165) is 31.7 Å². The van der Waals surface area contributed by atoms with Crippen molar-refractivity contribution < 1.29 is 5.11 Å². The summed E-state index contributed by atoms with van der Waals surface area (Å²) >= 11 is 1.74. The first-order chi connectivity index (χ1) is 7.67. The smallest absolute Gasteiger partial charge is 0.0954 e. The summed E-state index contributed by atoms with van der Waals surface area (Å²) in [5.41, 5.74) is 1.13. The highest BCUT2D eigenvalue weighted by Gasteiger charge is 2.09. The van der Waals surface area contributed by atoms with Gasteiger partial charge in [0.2, 0.25) is 0 Å². The summed E-state index contributed by atoms with van der Waals surface area (Å²) in [4.78, 5) is 6.86. The van der Waals surface area contributed by atoms with Crippen LogP contribution in [-0.2, 0) is 6.54 Å². The molecule has 1 aromatic rings. The van der Waals surface area contributed by atoms with E-state index in [0.29, 0.717) is 5.92 Å². The van der Waals surface area contributed by atoms with Gasteiger partial charge >= 0.3 is 0 Å². The van der Waals surface area contributed by atoms with Gasteiger partial charge in [-0.2, -0.15) is 0 Å². The van der Waals surface area contributed by atoms with Crippen molar-refractivity contribution >= 4 is 11.3 Å². The van der Waals surface area contributed by atoms with Gasteiger partial charge in [-0.3, -0.25) is 4.90 Å². The van der Waals surface area contributed by atoms with E-state index < -0.39 is 0 Å². The van der Waals surface area contributed by atoms with Crippen LogP contribution in [0.2, 0.25) is 0 Å². The molecule has 0 unspecified atom stereocenters. The van der Waals surface area contributed by atoms with E-state index >= 15 is 0 Å². The fraction of sp³-hybridized carbons (Fsp3) is 0.750. The van der Waals surface area contributed by atoms with Crippen LogP contribution >= 0.6 is 11.3 Å². The van der Waals surface area contributed by atoms with Crippen LogP contribution in [0.3, 0.4) is 0 Å². The van der Waals surface area contributed by atoms with Crippen LogP contribution in [-0.4, -0.2) is 34.7 Å². The van der Waals surface area contributed by atoms with E-state index in [-0.39, 0.29) is 6.61 Å². The first-order valence-corrected chi connectivity index (χ1v) is 6.82. The molecule has 1 N–H and O–H groups in total. The topological polar surface area (TPSA) is 36.4 Å². The van der Waals surface area contributed by atoms with Gasteiger partial charge in [0, 0.05) is 24.4 Å². The summed E-state index contributed by atoms with van der Waals surface area (Å²) in [6.45, 7) is 9.33. The summed E-state index contributed by atoms with van der Waals surface area (Å²) < 4.78 is 0. The first kappa shape index (κ1) is 13.6. The third-order valence-electron chi connectivity index (χ3n) is 2.41. The van der Waals surface area contributed by atoms with Crippen molar-refractivity contribution in [1.82, 2.24) is 9.88 Å². The van der Waals surface area contributed by atoms with Gasteiger partial charge in [0.15, 0.2) is 0 Å². The Morgan fingerprint density at radius 3 is 2.69 bits per heavy atom. The largest absolute Gasteiger partial charge is 0.395 e. The maximum atomic E-state index is 8.98. The minimum atomic E-state index is 0.223. The van der Waals surface area contributed by atoms with Gasteiger partial charge in [0.05, 0.1) is 17.3 Å². The number of nitrogens with zero attached hydrogens (tertiary/aromatic N) is 2. The van der Waals surface area contributed by atoms with Crippen LogP contribution in [0.5, 0.6) is 0 Å². The van der Waals surface area contributed by atoms with E-state index in [1.165, 1.54) is 5.01 Å². The van der Waals surface area contributed by atoms with Crippen LogP contribution in [0.1, 0.15) is 43.8 Å². The number of hydrogen-bond donors (Lipinski definition) is 1. The molecule has 0 aliphatic heterocycles. The van der Waals surface area contributed by atoms with Gasteiger partial charge in [-0.15, -0.1) is 11.3 Å². The summed E-state index contributed by atoms with van der Waals surface area (Å²) in [5.74, 6) is 0.510. The minimum Gasteiger partial charge on any atom is -0.395 e. The number of rotatable bonds is 7. The summed E-state index contributed by atoms with van der Waals surface area (Å²) in [5, 5.41) is 12.3. The van der Waals surface area contributed by atoms with E-state index in [2.05, 4.69) is 36.0 Å². The number of aliphatic hydroxyl groups excluding tert-OH is 1. The molecule has 4 heteroatoms. The quantitative estimate of drug-likeness (QED) is 0.798. The molecule has 0 aliphatic carbocycles. The maximum absolute atomic E-state index is 8.98. The van der Waals surface area contributed by atoms with Crippen LogP contribution in [0.4, 0.5) is 0 Å². The van der Waals surface area contributed by atoms with Crippen molar-refractivity contribution in [2.45, 2.75) is 39.7 Å². The number of hydrogen-bond acceptors (Lipinski definition) is 4. The molecule has 1 rings (SSSR count). The van der Waals surface area contributed by atoms with Crippen LogP contribution in [0, 0.1) is 0 Å². The second-order valence-electron chi connectivity index (χ2n) is 4.33. The number of thiazole rings is 1. The molecule has 1 heterocycles. The van der Waals surface area contributed by atoms with E-state index in [9.17, 15) is 0 Å². The molecule has 0 aromatic carbocycles. The molecule has 1 aromatic heterocycles. The molecule has 0 radical (unpaired) electrons. The normalized spacial score (nSPS) is 11.6. The highest BCUT2D eigenvalue weighted by atomic mass is 32.1. The zero-order valence-electron chi connectivity index (χ0n) is 10.4. The molecule has 0 fully saturated rings. The average molecular weight is 242 g/mol. The van der Waals surface area contributed by atoms with Crippen molar-refractivity contribution in [3.63, 3.8) is 0 Å². The Bertz CT molecular complexity index is 293. The van der Waals surface area contributed by atoms with Crippen LogP contribution < -0.4 is 0 Å². The van der Waals surface area contributed by atoms with E-state index in [1.54, 1.807) is 11.3 Å². The average Bonchev–Trinajstić information content (AvgIpc) is 2.67. The molecule has 0 saturated carbocycles. The summed E-state index contributed by atoms with van der Waals surface area (Å²) in [6.07, 6.45) is 1.11. The maximum Gasteiger partial charge on any atom is 0.0954 e. The van der Waals surface area contributed by atoms with E-state index in [1.807, 2.05) is 0 Å². The van der Waals surface area contributed by atoms with Gasteiger partial charge < -0.3 is 5.11 Å². The molecular weight excluding hydrogens is 220 g/mol. The lowest BCUT2D eigenvalue weighted by Gasteiger charge is -2.18. The third-order valence-corrected chi connectivity index (χ3v) is 3.60.